The predicted molar refractivity (Wildman–Crippen MR) is 93.5 cm³/mol. The molecule has 0 aliphatic heterocycles. The molecular formula is C19H14BrFN2S. The lowest BCUT2D eigenvalue weighted by Gasteiger charge is -2.01. The Morgan fingerprint density at radius 1 is 0.875 bits per heavy atom. The highest BCUT2D eigenvalue weighted by Crippen LogP contribution is 2.28. The van der Waals surface area contributed by atoms with E-state index in [-0.39, 0.29) is 22.8 Å². The zero-order valence-corrected chi connectivity index (χ0v) is 15.0. The summed E-state index contributed by atoms with van der Waals surface area (Å²) < 4.78 is 13.0. The van der Waals surface area contributed by atoms with Crippen LogP contribution in [0.5, 0.6) is 0 Å². The molecule has 0 atom stereocenters. The standard InChI is InChI=1S/C19H13FN2S.BrH/c20-15-10-8-14(9-11-15)18-12-23-19(22-18)21-17-7-3-5-13-4-1-2-6-16(13)17;/h1-12H,(H,21,22);1H. The maximum Gasteiger partial charge on any atom is 0.337 e. The minimum absolute atomic E-state index is 0. The number of H-pyrrole nitrogens is 1. The number of benzene rings is 3. The van der Waals surface area contributed by atoms with Gasteiger partial charge in [-0.25, -0.2) is 14.7 Å². The highest BCUT2D eigenvalue weighted by molar-refractivity contribution is 7.13. The van der Waals surface area contributed by atoms with Crippen LogP contribution in [0.3, 0.4) is 0 Å². The maximum absolute atomic E-state index is 13.0. The summed E-state index contributed by atoms with van der Waals surface area (Å²) in [6.07, 6.45) is 0. The molecule has 0 saturated heterocycles. The van der Waals surface area contributed by atoms with Gasteiger partial charge in [0.25, 0.3) is 0 Å². The van der Waals surface area contributed by atoms with E-state index in [4.69, 9.17) is 0 Å². The molecule has 24 heavy (non-hydrogen) atoms. The average Bonchev–Trinajstić information content (AvgIpc) is 3.04. The molecule has 4 aromatic rings. The Morgan fingerprint density at radius 2 is 1.62 bits per heavy atom. The number of hydrogen-bond donors (Lipinski definition) is 1. The predicted octanol–water partition coefficient (Wildman–Crippen LogP) is 2.27. The van der Waals surface area contributed by atoms with Gasteiger partial charge in [0.05, 0.1) is 0 Å². The smallest absolute Gasteiger partial charge is 0.337 e. The quantitative estimate of drug-likeness (QED) is 0.560. The van der Waals surface area contributed by atoms with Crippen molar-refractivity contribution in [2.24, 2.45) is 0 Å². The number of anilines is 2. The van der Waals surface area contributed by atoms with E-state index in [1.807, 2.05) is 23.6 Å². The molecule has 1 aromatic heterocycles. The van der Waals surface area contributed by atoms with Gasteiger partial charge < -0.3 is 17.0 Å². The van der Waals surface area contributed by atoms with Crippen LogP contribution in [0.2, 0.25) is 0 Å². The number of aromatic nitrogens is 1. The van der Waals surface area contributed by atoms with Crippen molar-refractivity contribution in [3.8, 4) is 11.3 Å². The fourth-order valence-electron chi connectivity index (χ4n) is 2.59. The third-order valence-corrected chi connectivity index (χ3v) is 4.53. The number of hydrogen-bond acceptors (Lipinski definition) is 2. The second kappa shape index (κ2) is 7.11. The van der Waals surface area contributed by atoms with Crippen LogP contribution in [0.25, 0.3) is 22.0 Å². The first kappa shape index (κ1) is 16.6. The number of thiazole rings is 1. The van der Waals surface area contributed by atoms with Gasteiger partial charge in [0.2, 0.25) is 0 Å². The summed E-state index contributed by atoms with van der Waals surface area (Å²) in [5, 5.41) is 8.79. The first-order valence-electron chi connectivity index (χ1n) is 7.31. The third kappa shape index (κ3) is 3.32. The lowest BCUT2D eigenvalue weighted by molar-refractivity contribution is -0.340. The van der Waals surface area contributed by atoms with Gasteiger partial charge in [-0.1, -0.05) is 47.7 Å². The topological polar surface area (TPSA) is 26.2 Å². The van der Waals surface area contributed by atoms with Crippen LogP contribution in [0.15, 0.2) is 72.1 Å². The Hall–Kier alpha value is -2.24. The van der Waals surface area contributed by atoms with E-state index in [9.17, 15) is 4.39 Å². The zero-order valence-electron chi connectivity index (χ0n) is 12.6. The molecule has 0 spiro atoms. The van der Waals surface area contributed by atoms with Crippen LogP contribution >= 0.6 is 11.3 Å². The van der Waals surface area contributed by atoms with E-state index in [1.54, 1.807) is 23.5 Å². The molecule has 2 nitrogen and oxygen atoms in total. The molecule has 120 valence electrons. The fourth-order valence-corrected chi connectivity index (χ4v) is 3.35. The molecule has 0 saturated carbocycles. The molecule has 0 radical (unpaired) electrons. The Balaban J connectivity index is 0.00000169. The second-order valence-electron chi connectivity index (χ2n) is 5.26. The lowest BCUT2D eigenvalue weighted by atomic mass is 10.1. The first-order valence-corrected chi connectivity index (χ1v) is 8.19. The van der Waals surface area contributed by atoms with Gasteiger partial charge in [-0.3, -0.25) is 0 Å². The normalized spacial score (nSPS) is 10.4. The maximum atomic E-state index is 13.0. The highest BCUT2D eigenvalue weighted by atomic mass is 79.9. The van der Waals surface area contributed by atoms with Crippen LogP contribution < -0.4 is 27.3 Å². The number of aromatic amines is 1. The van der Waals surface area contributed by atoms with Gasteiger partial charge in [-0.15, -0.1) is 0 Å². The van der Waals surface area contributed by atoms with Gasteiger partial charge in [0.15, 0.2) is 0 Å². The number of rotatable bonds is 3. The van der Waals surface area contributed by atoms with Crippen molar-refractivity contribution in [2.75, 3.05) is 5.32 Å². The Morgan fingerprint density at radius 3 is 2.46 bits per heavy atom. The monoisotopic (exact) mass is 400 g/mol. The molecule has 2 N–H and O–H groups in total. The molecule has 0 bridgehead atoms. The molecule has 1 heterocycles. The van der Waals surface area contributed by atoms with Gasteiger partial charge in [0, 0.05) is 16.3 Å². The molecular weight excluding hydrogens is 387 g/mol. The summed E-state index contributed by atoms with van der Waals surface area (Å²) in [4.78, 5) is 3.35. The largest absolute Gasteiger partial charge is 1.00 e. The van der Waals surface area contributed by atoms with E-state index >= 15 is 0 Å². The summed E-state index contributed by atoms with van der Waals surface area (Å²) in [5.41, 5.74) is 3.00. The number of fused-ring (bicyclic) bond motifs is 1. The lowest BCUT2D eigenvalue weighted by Crippen LogP contribution is -3.00. The highest BCUT2D eigenvalue weighted by Gasteiger charge is 2.12. The SMILES string of the molecule is Fc1ccc(-c2csc(Nc3cccc4ccccc34)[nH+]2)cc1.[Br-]. The molecule has 0 aliphatic carbocycles. The van der Waals surface area contributed by atoms with Gasteiger partial charge in [0.1, 0.15) is 17.2 Å². The molecule has 3 aromatic carbocycles. The van der Waals surface area contributed by atoms with Crippen molar-refractivity contribution in [1.29, 1.82) is 0 Å². The van der Waals surface area contributed by atoms with Gasteiger partial charge >= 0.3 is 5.13 Å². The summed E-state index contributed by atoms with van der Waals surface area (Å²) >= 11 is 1.59. The van der Waals surface area contributed by atoms with Crippen molar-refractivity contribution < 1.29 is 26.4 Å². The Bertz CT molecular complexity index is 961. The molecule has 0 fully saturated rings. The minimum Gasteiger partial charge on any atom is -1.00 e. The molecule has 0 amide bonds. The van der Waals surface area contributed by atoms with Crippen molar-refractivity contribution in [3.63, 3.8) is 0 Å². The van der Waals surface area contributed by atoms with E-state index in [0.717, 1.165) is 22.1 Å². The fraction of sp³-hybridized carbons (Fsp3) is 0. The van der Waals surface area contributed by atoms with Crippen molar-refractivity contribution in [3.05, 3.63) is 77.9 Å². The summed E-state index contributed by atoms with van der Waals surface area (Å²) in [5.74, 6) is -0.224. The van der Waals surface area contributed by atoms with Gasteiger partial charge in [-0.2, -0.15) is 0 Å². The Labute approximate surface area is 153 Å². The van der Waals surface area contributed by atoms with Crippen LogP contribution in [0.4, 0.5) is 15.2 Å². The minimum atomic E-state index is -0.224. The van der Waals surface area contributed by atoms with Crippen LogP contribution in [0, 0.1) is 5.82 Å². The van der Waals surface area contributed by atoms with Crippen LogP contribution in [0.1, 0.15) is 0 Å². The van der Waals surface area contributed by atoms with E-state index in [2.05, 4.69) is 34.6 Å². The van der Waals surface area contributed by atoms with E-state index < -0.39 is 0 Å². The third-order valence-electron chi connectivity index (χ3n) is 3.74. The summed E-state index contributed by atoms with van der Waals surface area (Å²) in [6, 6.07) is 21.0. The van der Waals surface area contributed by atoms with Crippen molar-refractivity contribution >= 4 is 32.9 Å². The first-order chi connectivity index (χ1) is 11.3. The second-order valence-corrected chi connectivity index (χ2v) is 6.14. The summed E-state index contributed by atoms with van der Waals surface area (Å²) in [7, 11) is 0. The van der Waals surface area contributed by atoms with Crippen LogP contribution in [-0.2, 0) is 0 Å². The average molecular weight is 401 g/mol. The van der Waals surface area contributed by atoms with Gasteiger partial charge in [-0.05, 0) is 35.7 Å². The van der Waals surface area contributed by atoms with E-state index in [0.29, 0.717) is 0 Å². The van der Waals surface area contributed by atoms with Crippen molar-refractivity contribution in [1.82, 2.24) is 0 Å². The molecule has 4 rings (SSSR count). The molecule has 0 aliphatic rings. The van der Waals surface area contributed by atoms with Crippen molar-refractivity contribution in [2.45, 2.75) is 0 Å². The zero-order chi connectivity index (χ0) is 15.6. The molecule has 5 heteroatoms. The van der Waals surface area contributed by atoms with Crippen LogP contribution in [-0.4, -0.2) is 0 Å². The number of nitrogens with one attached hydrogen (secondary N) is 2. The van der Waals surface area contributed by atoms with E-state index in [1.165, 1.54) is 22.9 Å². The Kier molecular flexibility index (Phi) is 4.92. The summed E-state index contributed by atoms with van der Waals surface area (Å²) in [6.45, 7) is 0. The molecule has 0 unspecified atom stereocenters. The number of halogens is 2.